The predicted molar refractivity (Wildman–Crippen MR) is 70.8 cm³/mol. The Kier molecular flexibility index (Phi) is 7.66. The van der Waals surface area contributed by atoms with Crippen LogP contribution in [0.15, 0.2) is 18.2 Å². The molecule has 0 radical (unpaired) electrons. The number of nitrogens with one attached hydrogen (secondary N) is 1. The van der Waals surface area contributed by atoms with Gasteiger partial charge in [0.25, 0.3) is 5.91 Å². The highest BCUT2D eigenvalue weighted by Gasteiger charge is 2.08. The van der Waals surface area contributed by atoms with Gasteiger partial charge in [-0.2, -0.15) is 0 Å². The first-order valence-corrected chi connectivity index (χ1v) is 5.48. The molecule has 0 saturated carbocycles. The number of hydrogen-bond donors (Lipinski definition) is 2. The van der Waals surface area contributed by atoms with Crippen LogP contribution in [0.3, 0.4) is 0 Å². The molecule has 102 valence electrons. The Balaban J connectivity index is 0.00000289. The van der Waals surface area contributed by atoms with E-state index in [-0.39, 0.29) is 41.7 Å². The molecule has 3 N–H and O–H groups in total. The molecule has 0 aliphatic carbocycles. The number of nitrogens with two attached hydrogens (primary N) is 1. The molecule has 1 aromatic rings. The average molecular weight is 297 g/mol. The summed E-state index contributed by atoms with van der Waals surface area (Å²) < 4.78 is 17.9. The lowest BCUT2D eigenvalue weighted by molar-refractivity contribution is -0.123. The normalized spacial score (nSPS) is 11.3. The van der Waals surface area contributed by atoms with Crippen molar-refractivity contribution in [3.8, 4) is 5.75 Å². The van der Waals surface area contributed by atoms with Crippen molar-refractivity contribution in [2.75, 3.05) is 13.2 Å². The van der Waals surface area contributed by atoms with E-state index in [1.54, 1.807) is 6.92 Å². The van der Waals surface area contributed by atoms with Gasteiger partial charge in [0, 0.05) is 12.6 Å². The molecular weight excluding hydrogens is 282 g/mol. The molecule has 1 amide bonds. The molecule has 0 spiro atoms. The van der Waals surface area contributed by atoms with Gasteiger partial charge in [-0.05, 0) is 25.1 Å². The van der Waals surface area contributed by atoms with Crippen molar-refractivity contribution in [3.63, 3.8) is 0 Å². The molecule has 0 unspecified atom stereocenters. The molecule has 0 aliphatic rings. The number of carbonyl (C=O) groups is 1. The van der Waals surface area contributed by atoms with E-state index in [0.717, 1.165) is 6.07 Å². The maximum atomic E-state index is 12.7. The molecule has 1 aromatic carbocycles. The minimum Gasteiger partial charge on any atom is -0.482 e. The second-order valence-corrected chi connectivity index (χ2v) is 3.97. The van der Waals surface area contributed by atoms with Crippen LogP contribution in [0, 0.1) is 5.82 Å². The van der Waals surface area contributed by atoms with Crippen LogP contribution in [0.2, 0.25) is 5.02 Å². The molecule has 0 fully saturated rings. The van der Waals surface area contributed by atoms with E-state index in [2.05, 4.69) is 5.32 Å². The van der Waals surface area contributed by atoms with E-state index in [1.165, 1.54) is 12.1 Å². The quantitative estimate of drug-likeness (QED) is 0.870. The first kappa shape index (κ1) is 17.0. The van der Waals surface area contributed by atoms with Crippen molar-refractivity contribution < 1.29 is 13.9 Å². The standard InChI is InChI=1S/C11H14ClFN2O2.ClH/c1-7(5-14)15-11(16)6-17-10-3-2-8(13)4-9(10)12;/h2-4,7H,5-6,14H2,1H3,(H,15,16);1H/t7-;/m0./s1. The molecule has 1 rings (SSSR count). The van der Waals surface area contributed by atoms with Crippen molar-refractivity contribution in [2.45, 2.75) is 13.0 Å². The number of benzene rings is 1. The third-order valence-electron chi connectivity index (χ3n) is 2.01. The van der Waals surface area contributed by atoms with E-state index in [9.17, 15) is 9.18 Å². The van der Waals surface area contributed by atoms with Crippen LogP contribution in [-0.4, -0.2) is 25.1 Å². The van der Waals surface area contributed by atoms with E-state index >= 15 is 0 Å². The second kappa shape index (κ2) is 8.13. The first-order valence-electron chi connectivity index (χ1n) is 5.10. The van der Waals surface area contributed by atoms with Gasteiger partial charge in [-0.1, -0.05) is 11.6 Å². The highest BCUT2D eigenvalue weighted by Crippen LogP contribution is 2.24. The lowest BCUT2D eigenvalue weighted by Crippen LogP contribution is -2.40. The minimum atomic E-state index is -0.455. The van der Waals surface area contributed by atoms with Gasteiger partial charge in [-0.25, -0.2) is 4.39 Å². The number of ether oxygens (including phenoxy) is 1. The summed E-state index contributed by atoms with van der Waals surface area (Å²) in [5.41, 5.74) is 5.35. The summed E-state index contributed by atoms with van der Waals surface area (Å²) in [7, 11) is 0. The molecule has 4 nitrogen and oxygen atoms in total. The lowest BCUT2D eigenvalue weighted by atomic mass is 10.3. The number of hydrogen-bond acceptors (Lipinski definition) is 3. The Labute approximate surface area is 116 Å². The monoisotopic (exact) mass is 296 g/mol. The fourth-order valence-corrected chi connectivity index (χ4v) is 1.33. The molecule has 0 bridgehead atoms. The van der Waals surface area contributed by atoms with E-state index < -0.39 is 5.82 Å². The molecule has 7 heteroatoms. The van der Waals surface area contributed by atoms with E-state index in [0.29, 0.717) is 6.54 Å². The molecule has 0 aromatic heterocycles. The Hall–Kier alpha value is -1.04. The summed E-state index contributed by atoms with van der Waals surface area (Å²) in [5.74, 6) is -0.490. The van der Waals surface area contributed by atoms with Crippen molar-refractivity contribution in [1.29, 1.82) is 0 Å². The van der Waals surface area contributed by atoms with Crippen LogP contribution in [-0.2, 0) is 4.79 Å². The number of rotatable bonds is 5. The second-order valence-electron chi connectivity index (χ2n) is 3.57. The summed E-state index contributed by atoms with van der Waals surface area (Å²) in [6.07, 6.45) is 0. The zero-order valence-corrected chi connectivity index (χ0v) is 11.4. The van der Waals surface area contributed by atoms with Crippen molar-refractivity contribution >= 4 is 29.9 Å². The lowest BCUT2D eigenvalue weighted by Gasteiger charge is -2.12. The van der Waals surface area contributed by atoms with Gasteiger partial charge in [-0.3, -0.25) is 4.79 Å². The van der Waals surface area contributed by atoms with Crippen molar-refractivity contribution in [1.82, 2.24) is 5.32 Å². The summed E-state index contributed by atoms with van der Waals surface area (Å²) >= 11 is 5.73. The van der Waals surface area contributed by atoms with Gasteiger partial charge < -0.3 is 15.8 Å². The largest absolute Gasteiger partial charge is 0.482 e. The van der Waals surface area contributed by atoms with E-state index in [1.807, 2.05) is 0 Å². The minimum absolute atomic E-state index is 0. The average Bonchev–Trinajstić information content (AvgIpc) is 2.27. The third-order valence-corrected chi connectivity index (χ3v) is 2.31. The van der Waals surface area contributed by atoms with Crippen LogP contribution in [0.5, 0.6) is 5.75 Å². The van der Waals surface area contributed by atoms with Gasteiger partial charge in [0.2, 0.25) is 0 Å². The van der Waals surface area contributed by atoms with Crippen LogP contribution in [0.1, 0.15) is 6.92 Å². The Morgan fingerprint density at radius 3 is 2.83 bits per heavy atom. The summed E-state index contributed by atoms with van der Waals surface area (Å²) in [6.45, 7) is 1.95. The van der Waals surface area contributed by atoms with Crippen LogP contribution < -0.4 is 15.8 Å². The van der Waals surface area contributed by atoms with Crippen LogP contribution in [0.4, 0.5) is 4.39 Å². The smallest absolute Gasteiger partial charge is 0.258 e. The number of halogens is 3. The highest BCUT2D eigenvalue weighted by atomic mass is 35.5. The van der Waals surface area contributed by atoms with Crippen molar-refractivity contribution in [3.05, 3.63) is 29.0 Å². The van der Waals surface area contributed by atoms with Crippen LogP contribution >= 0.6 is 24.0 Å². The van der Waals surface area contributed by atoms with Gasteiger partial charge >= 0.3 is 0 Å². The Bertz CT molecular complexity index is 405. The number of carbonyl (C=O) groups excluding carboxylic acids is 1. The summed E-state index contributed by atoms with van der Waals surface area (Å²) in [4.78, 5) is 11.4. The molecule has 1 atom stereocenters. The summed E-state index contributed by atoms with van der Waals surface area (Å²) in [5, 5.41) is 2.75. The van der Waals surface area contributed by atoms with Gasteiger partial charge in [0.15, 0.2) is 6.61 Å². The SMILES string of the molecule is C[C@@H](CN)NC(=O)COc1ccc(F)cc1Cl.Cl. The molecular formula is C11H15Cl2FN2O2. The zero-order valence-electron chi connectivity index (χ0n) is 9.78. The highest BCUT2D eigenvalue weighted by molar-refractivity contribution is 6.32. The Morgan fingerprint density at radius 1 is 1.61 bits per heavy atom. The molecule has 0 heterocycles. The van der Waals surface area contributed by atoms with Gasteiger partial charge in [0.05, 0.1) is 5.02 Å². The fourth-order valence-electron chi connectivity index (χ4n) is 1.11. The maximum Gasteiger partial charge on any atom is 0.258 e. The van der Waals surface area contributed by atoms with Crippen LogP contribution in [0.25, 0.3) is 0 Å². The van der Waals surface area contributed by atoms with Crippen molar-refractivity contribution in [2.24, 2.45) is 5.73 Å². The zero-order chi connectivity index (χ0) is 12.8. The summed E-state index contributed by atoms with van der Waals surface area (Å²) in [6, 6.07) is 3.59. The Morgan fingerprint density at radius 2 is 2.28 bits per heavy atom. The van der Waals surface area contributed by atoms with E-state index in [4.69, 9.17) is 22.1 Å². The molecule has 0 saturated heterocycles. The van der Waals surface area contributed by atoms with Gasteiger partial charge in [0.1, 0.15) is 11.6 Å². The number of amides is 1. The third kappa shape index (κ3) is 5.53. The predicted octanol–water partition coefficient (Wildman–Crippen LogP) is 1.74. The van der Waals surface area contributed by atoms with Gasteiger partial charge in [-0.15, -0.1) is 12.4 Å². The topological polar surface area (TPSA) is 64.3 Å². The molecule has 18 heavy (non-hydrogen) atoms. The fraction of sp³-hybridized carbons (Fsp3) is 0.364. The molecule has 0 aliphatic heterocycles. The maximum absolute atomic E-state index is 12.7. The first-order chi connectivity index (χ1) is 8.02.